The number of rotatable bonds is 4. The Morgan fingerprint density at radius 2 is 1.79 bits per heavy atom. The van der Waals surface area contributed by atoms with E-state index in [1.165, 1.54) is 32.2 Å². The van der Waals surface area contributed by atoms with E-state index < -0.39 is 0 Å². The van der Waals surface area contributed by atoms with Gasteiger partial charge in [-0.2, -0.15) is 0 Å². The third-order valence-electron chi connectivity index (χ3n) is 6.20. The van der Waals surface area contributed by atoms with E-state index in [0.29, 0.717) is 19.0 Å². The van der Waals surface area contributed by atoms with Crippen molar-refractivity contribution >= 4 is 23.4 Å². The molecule has 0 atom stereocenters. The van der Waals surface area contributed by atoms with Gasteiger partial charge in [0, 0.05) is 51.7 Å². The molecule has 0 radical (unpaired) electrons. The van der Waals surface area contributed by atoms with Crippen LogP contribution in [0.3, 0.4) is 0 Å². The highest BCUT2D eigenvalue weighted by Gasteiger charge is 2.26. The van der Waals surface area contributed by atoms with Crippen LogP contribution in [0.15, 0.2) is 18.3 Å². The molecule has 1 aromatic rings. The van der Waals surface area contributed by atoms with Gasteiger partial charge in [-0.25, -0.2) is 9.78 Å². The molecular formula is C20H30N6O2. The van der Waals surface area contributed by atoms with Crippen molar-refractivity contribution in [3.05, 3.63) is 18.3 Å². The molecule has 3 aliphatic rings. The number of piperazine rings is 1. The van der Waals surface area contributed by atoms with Crippen molar-refractivity contribution in [2.45, 2.75) is 38.1 Å². The van der Waals surface area contributed by atoms with E-state index in [1.54, 1.807) is 11.1 Å². The number of hydrogen-bond acceptors (Lipinski definition) is 6. The Kier molecular flexibility index (Phi) is 5.77. The van der Waals surface area contributed by atoms with Gasteiger partial charge in [0.2, 0.25) is 5.91 Å². The molecule has 3 amide bonds. The number of carbonyl (C=O) groups is 2. The summed E-state index contributed by atoms with van der Waals surface area (Å²) in [5.41, 5.74) is 6.74. The zero-order chi connectivity index (χ0) is 19.5. The highest BCUT2D eigenvalue weighted by atomic mass is 16.2. The van der Waals surface area contributed by atoms with Crippen molar-refractivity contribution in [3.8, 4) is 0 Å². The Bertz CT molecular complexity index is 693. The molecule has 0 bridgehead atoms. The Morgan fingerprint density at radius 1 is 1.04 bits per heavy atom. The van der Waals surface area contributed by atoms with Crippen LogP contribution in [0, 0.1) is 5.92 Å². The fourth-order valence-corrected chi connectivity index (χ4v) is 4.43. The van der Waals surface area contributed by atoms with Gasteiger partial charge in [0.1, 0.15) is 5.82 Å². The van der Waals surface area contributed by atoms with Crippen LogP contribution in [0.1, 0.15) is 32.1 Å². The summed E-state index contributed by atoms with van der Waals surface area (Å²) in [6.45, 7) is 5.64. The second-order valence-electron chi connectivity index (χ2n) is 8.20. The SMILES string of the molecule is NC1CCC(CN2CCN(c3ccc(N4CCC(=O)NC4=O)cn3)CC2)CC1. The molecule has 2 aliphatic heterocycles. The molecule has 1 saturated carbocycles. The van der Waals surface area contributed by atoms with Gasteiger partial charge in [-0.1, -0.05) is 0 Å². The van der Waals surface area contributed by atoms with Crippen molar-refractivity contribution in [1.29, 1.82) is 0 Å². The first-order valence-corrected chi connectivity index (χ1v) is 10.4. The van der Waals surface area contributed by atoms with Crippen LogP contribution >= 0.6 is 0 Å². The molecule has 3 fully saturated rings. The average molecular weight is 387 g/mol. The lowest BCUT2D eigenvalue weighted by atomic mass is 9.86. The minimum absolute atomic E-state index is 0.222. The molecule has 4 rings (SSSR count). The molecular weight excluding hydrogens is 356 g/mol. The number of pyridine rings is 1. The molecule has 28 heavy (non-hydrogen) atoms. The number of hydrogen-bond donors (Lipinski definition) is 2. The minimum atomic E-state index is -0.372. The second-order valence-corrected chi connectivity index (χ2v) is 8.20. The maximum absolute atomic E-state index is 12.0. The van der Waals surface area contributed by atoms with Crippen molar-refractivity contribution < 1.29 is 9.59 Å². The number of carbonyl (C=O) groups excluding carboxylic acids is 2. The fraction of sp³-hybridized carbons (Fsp3) is 0.650. The summed E-state index contributed by atoms with van der Waals surface area (Å²) >= 11 is 0. The van der Waals surface area contributed by atoms with Crippen LogP contribution in [0.25, 0.3) is 0 Å². The Balaban J connectivity index is 1.28. The predicted octanol–water partition coefficient (Wildman–Crippen LogP) is 1.17. The van der Waals surface area contributed by atoms with Gasteiger partial charge in [-0.15, -0.1) is 0 Å². The zero-order valence-electron chi connectivity index (χ0n) is 16.3. The average Bonchev–Trinajstić information content (AvgIpc) is 2.71. The van der Waals surface area contributed by atoms with Gasteiger partial charge in [-0.05, 0) is 43.7 Å². The first-order valence-electron chi connectivity index (χ1n) is 10.4. The van der Waals surface area contributed by atoms with Crippen LogP contribution in [0.4, 0.5) is 16.3 Å². The second kappa shape index (κ2) is 8.45. The van der Waals surface area contributed by atoms with E-state index in [2.05, 4.69) is 20.1 Å². The molecule has 8 nitrogen and oxygen atoms in total. The number of nitrogens with one attached hydrogen (secondary N) is 1. The van der Waals surface area contributed by atoms with Crippen molar-refractivity contribution in [2.24, 2.45) is 11.7 Å². The Morgan fingerprint density at radius 3 is 2.43 bits per heavy atom. The van der Waals surface area contributed by atoms with Crippen LogP contribution in [0.5, 0.6) is 0 Å². The van der Waals surface area contributed by atoms with E-state index >= 15 is 0 Å². The topological polar surface area (TPSA) is 94.8 Å². The van der Waals surface area contributed by atoms with Gasteiger partial charge in [0.05, 0.1) is 11.9 Å². The Labute approximate surface area is 166 Å². The largest absolute Gasteiger partial charge is 0.354 e. The lowest BCUT2D eigenvalue weighted by Gasteiger charge is -2.38. The van der Waals surface area contributed by atoms with E-state index in [-0.39, 0.29) is 11.9 Å². The summed E-state index contributed by atoms with van der Waals surface area (Å²) in [5, 5.41) is 2.34. The third kappa shape index (κ3) is 4.44. The molecule has 0 aromatic carbocycles. The maximum Gasteiger partial charge on any atom is 0.328 e. The highest BCUT2D eigenvalue weighted by molar-refractivity contribution is 6.05. The number of urea groups is 1. The highest BCUT2D eigenvalue weighted by Crippen LogP contribution is 2.25. The lowest BCUT2D eigenvalue weighted by Crippen LogP contribution is -2.49. The van der Waals surface area contributed by atoms with Crippen molar-refractivity contribution in [1.82, 2.24) is 15.2 Å². The number of imide groups is 1. The fourth-order valence-electron chi connectivity index (χ4n) is 4.43. The minimum Gasteiger partial charge on any atom is -0.354 e. The van der Waals surface area contributed by atoms with E-state index in [1.807, 2.05) is 12.1 Å². The van der Waals surface area contributed by atoms with Gasteiger partial charge in [0.25, 0.3) is 0 Å². The number of anilines is 2. The summed E-state index contributed by atoms with van der Waals surface area (Å²) in [4.78, 5) is 34.2. The number of amides is 3. The van der Waals surface area contributed by atoms with Crippen molar-refractivity contribution in [3.63, 3.8) is 0 Å². The van der Waals surface area contributed by atoms with Crippen LogP contribution in [0.2, 0.25) is 0 Å². The number of nitrogens with zero attached hydrogens (tertiary/aromatic N) is 4. The molecule has 0 spiro atoms. The molecule has 8 heteroatoms. The lowest BCUT2D eigenvalue weighted by molar-refractivity contribution is -0.120. The molecule has 2 saturated heterocycles. The number of aromatic nitrogens is 1. The first kappa shape index (κ1) is 19.1. The van der Waals surface area contributed by atoms with Crippen LogP contribution in [-0.2, 0) is 4.79 Å². The molecule has 3 N–H and O–H groups in total. The van der Waals surface area contributed by atoms with Gasteiger partial charge < -0.3 is 10.6 Å². The van der Waals surface area contributed by atoms with Crippen molar-refractivity contribution in [2.75, 3.05) is 49.1 Å². The molecule has 1 aromatic heterocycles. The Hall–Kier alpha value is -2.19. The third-order valence-corrected chi connectivity index (χ3v) is 6.20. The normalized spacial score (nSPS) is 27.0. The molecule has 3 heterocycles. The summed E-state index contributed by atoms with van der Waals surface area (Å²) in [6.07, 6.45) is 6.92. The molecule has 152 valence electrons. The quantitative estimate of drug-likeness (QED) is 0.807. The zero-order valence-corrected chi connectivity index (χ0v) is 16.3. The van der Waals surface area contributed by atoms with Crippen LogP contribution < -0.4 is 20.9 Å². The monoisotopic (exact) mass is 386 g/mol. The maximum atomic E-state index is 12.0. The summed E-state index contributed by atoms with van der Waals surface area (Å²) in [7, 11) is 0. The molecule has 0 unspecified atom stereocenters. The van der Waals surface area contributed by atoms with Gasteiger partial charge in [0.15, 0.2) is 0 Å². The summed E-state index contributed by atoms with van der Waals surface area (Å²) < 4.78 is 0. The number of nitrogens with two attached hydrogens (primary N) is 1. The first-order chi connectivity index (χ1) is 13.6. The standard InChI is InChI=1S/C20H30N6O2/c21-16-3-1-15(2-4-16)14-24-9-11-25(12-10-24)18-6-5-17(13-22-18)26-8-7-19(27)23-20(26)28/h5-6,13,15-16H,1-4,7-12,14,21H2,(H,23,27,28). The summed E-state index contributed by atoms with van der Waals surface area (Å²) in [6, 6.07) is 3.92. The van der Waals surface area contributed by atoms with Crippen LogP contribution in [-0.4, -0.2) is 67.1 Å². The smallest absolute Gasteiger partial charge is 0.328 e. The van der Waals surface area contributed by atoms with Gasteiger partial charge >= 0.3 is 6.03 Å². The van der Waals surface area contributed by atoms with Gasteiger partial charge in [-0.3, -0.25) is 19.9 Å². The van der Waals surface area contributed by atoms with E-state index in [0.717, 1.165) is 43.6 Å². The predicted molar refractivity (Wildman–Crippen MR) is 108 cm³/mol. The summed E-state index contributed by atoms with van der Waals surface area (Å²) in [5.74, 6) is 1.52. The molecule has 1 aliphatic carbocycles. The van der Waals surface area contributed by atoms with E-state index in [4.69, 9.17) is 5.73 Å². The van der Waals surface area contributed by atoms with E-state index in [9.17, 15) is 9.59 Å².